The molecular weight excluding hydrogens is 204 g/mol. The van der Waals surface area contributed by atoms with Gasteiger partial charge in [0.05, 0.1) is 12.7 Å². The van der Waals surface area contributed by atoms with Crippen molar-refractivity contribution in [2.24, 2.45) is 0 Å². The highest BCUT2D eigenvalue weighted by Crippen LogP contribution is 2.27. The van der Waals surface area contributed by atoms with Crippen LogP contribution in [0.25, 0.3) is 0 Å². The van der Waals surface area contributed by atoms with E-state index in [1.807, 2.05) is 30.3 Å². The first-order valence-corrected chi connectivity index (χ1v) is 5.42. The molecule has 0 radical (unpaired) electrons. The van der Waals surface area contributed by atoms with Crippen molar-refractivity contribution >= 4 is 0 Å². The summed E-state index contributed by atoms with van der Waals surface area (Å²) < 4.78 is 11.1. The summed E-state index contributed by atoms with van der Waals surface area (Å²) in [6.45, 7) is 3.96. The summed E-state index contributed by atoms with van der Waals surface area (Å²) in [5.41, 5.74) is 0.975. The highest BCUT2D eigenvalue weighted by Gasteiger charge is 2.30. The van der Waals surface area contributed by atoms with Crippen molar-refractivity contribution in [3.63, 3.8) is 0 Å². The van der Waals surface area contributed by atoms with Gasteiger partial charge in [0, 0.05) is 5.56 Å². The Morgan fingerprint density at radius 2 is 2.12 bits per heavy atom. The van der Waals surface area contributed by atoms with E-state index < -0.39 is 6.10 Å². The molecule has 86 valence electrons. The molecule has 1 fully saturated rings. The van der Waals surface area contributed by atoms with Crippen molar-refractivity contribution in [3.05, 3.63) is 48.6 Å². The molecule has 1 N–H and O–H groups in total. The second-order valence-electron chi connectivity index (χ2n) is 3.84. The highest BCUT2D eigenvalue weighted by molar-refractivity contribution is 5.16. The van der Waals surface area contributed by atoms with Gasteiger partial charge in [-0.15, -0.1) is 6.58 Å². The van der Waals surface area contributed by atoms with E-state index in [1.165, 1.54) is 0 Å². The first-order valence-electron chi connectivity index (χ1n) is 5.42. The first-order chi connectivity index (χ1) is 7.81. The highest BCUT2D eigenvalue weighted by atomic mass is 16.7. The minimum absolute atomic E-state index is 0.226. The van der Waals surface area contributed by atoms with Gasteiger partial charge in [0.15, 0.2) is 6.29 Å². The minimum Gasteiger partial charge on any atom is -0.388 e. The number of aliphatic hydroxyl groups is 1. The molecule has 1 aromatic carbocycles. The lowest BCUT2D eigenvalue weighted by molar-refractivity contribution is -0.255. The summed E-state index contributed by atoms with van der Waals surface area (Å²) in [6.07, 6.45) is 1.21. The van der Waals surface area contributed by atoms with Gasteiger partial charge in [-0.05, 0) is 6.42 Å². The van der Waals surface area contributed by atoms with E-state index in [-0.39, 0.29) is 12.4 Å². The Bertz CT molecular complexity index is 336. The molecule has 16 heavy (non-hydrogen) atoms. The van der Waals surface area contributed by atoms with Crippen LogP contribution >= 0.6 is 0 Å². The molecule has 0 spiro atoms. The van der Waals surface area contributed by atoms with Gasteiger partial charge >= 0.3 is 0 Å². The van der Waals surface area contributed by atoms with Crippen LogP contribution < -0.4 is 0 Å². The van der Waals surface area contributed by atoms with Gasteiger partial charge in [0.1, 0.15) is 6.10 Å². The predicted molar refractivity (Wildman–Crippen MR) is 60.8 cm³/mol. The van der Waals surface area contributed by atoms with Crippen LogP contribution in [0.1, 0.15) is 18.3 Å². The van der Waals surface area contributed by atoms with Gasteiger partial charge in [-0.25, -0.2) is 0 Å². The third kappa shape index (κ3) is 2.50. The van der Waals surface area contributed by atoms with Gasteiger partial charge in [0.25, 0.3) is 0 Å². The van der Waals surface area contributed by atoms with Gasteiger partial charge < -0.3 is 14.6 Å². The van der Waals surface area contributed by atoms with Crippen LogP contribution in [0.5, 0.6) is 0 Å². The lowest BCUT2D eigenvalue weighted by atomic mass is 10.1. The number of ether oxygens (including phenoxy) is 2. The summed E-state index contributed by atoms with van der Waals surface area (Å²) in [4.78, 5) is 0. The lowest BCUT2D eigenvalue weighted by Crippen LogP contribution is -2.39. The smallest absolute Gasteiger partial charge is 0.184 e. The average molecular weight is 220 g/mol. The largest absolute Gasteiger partial charge is 0.388 e. The molecular formula is C13H16O3. The molecule has 0 unspecified atom stereocenters. The van der Waals surface area contributed by atoms with E-state index in [1.54, 1.807) is 6.08 Å². The molecule has 0 aromatic heterocycles. The summed E-state index contributed by atoms with van der Waals surface area (Å²) in [5, 5.41) is 9.67. The van der Waals surface area contributed by atoms with Crippen LogP contribution in [-0.4, -0.2) is 23.9 Å². The second-order valence-corrected chi connectivity index (χ2v) is 3.84. The molecule has 1 aliphatic rings. The molecule has 0 aliphatic carbocycles. The van der Waals surface area contributed by atoms with E-state index in [0.29, 0.717) is 13.0 Å². The molecule has 3 atom stereocenters. The Hall–Kier alpha value is -1.16. The Labute approximate surface area is 95.3 Å². The van der Waals surface area contributed by atoms with Crippen molar-refractivity contribution in [3.8, 4) is 0 Å². The standard InChI is InChI=1S/C13H16O3/c1-2-6-12-11(14)9-15-13(16-12)10-7-4-3-5-8-10/h2-5,7-8,11-14H,1,6,9H2/t11-,12+,13-/m1/s1. The van der Waals surface area contributed by atoms with Crippen molar-refractivity contribution < 1.29 is 14.6 Å². The molecule has 1 aliphatic heterocycles. The van der Waals surface area contributed by atoms with E-state index in [4.69, 9.17) is 9.47 Å². The van der Waals surface area contributed by atoms with Crippen LogP contribution in [0.2, 0.25) is 0 Å². The second kappa shape index (κ2) is 5.25. The molecule has 0 saturated carbocycles. The Morgan fingerprint density at radius 1 is 1.38 bits per heavy atom. The summed E-state index contributed by atoms with van der Waals surface area (Å²) >= 11 is 0. The van der Waals surface area contributed by atoms with Crippen molar-refractivity contribution in [1.29, 1.82) is 0 Å². The SMILES string of the molecule is C=CC[C@@H]1O[C@H](c2ccccc2)OC[C@H]1O. The van der Waals surface area contributed by atoms with E-state index >= 15 is 0 Å². The van der Waals surface area contributed by atoms with Crippen LogP contribution in [-0.2, 0) is 9.47 Å². The quantitative estimate of drug-likeness (QED) is 0.792. The predicted octanol–water partition coefficient (Wildman–Crippen LogP) is 2.04. The summed E-state index contributed by atoms with van der Waals surface area (Å²) in [5.74, 6) is 0. The molecule has 1 saturated heterocycles. The average Bonchev–Trinajstić information content (AvgIpc) is 2.33. The molecule has 3 nitrogen and oxygen atoms in total. The van der Waals surface area contributed by atoms with Gasteiger partial charge in [-0.3, -0.25) is 0 Å². The number of hydrogen-bond acceptors (Lipinski definition) is 3. The molecule has 1 aromatic rings. The third-order valence-electron chi connectivity index (χ3n) is 2.62. The molecule has 1 heterocycles. The first kappa shape index (κ1) is 11.3. The Kier molecular flexibility index (Phi) is 3.72. The molecule has 0 bridgehead atoms. The van der Waals surface area contributed by atoms with Crippen molar-refractivity contribution in [2.75, 3.05) is 6.61 Å². The fourth-order valence-electron chi connectivity index (χ4n) is 1.74. The van der Waals surface area contributed by atoms with Crippen LogP contribution in [0, 0.1) is 0 Å². The number of rotatable bonds is 3. The Morgan fingerprint density at radius 3 is 2.81 bits per heavy atom. The van der Waals surface area contributed by atoms with E-state index in [0.717, 1.165) is 5.56 Å². The zero-order valence-electron chi connectivity index (χ0n) is 9.08. The van der Waals surface area contributed by atoms with Gasteiger partial charge in [-0.1, -0.05) is 36.4 Å². The Balaban J connectivity index is 2.05. The van der Waals surface area contributed by atoms with Crippen molar-refractivity contribution in [2.45, 2.75) is 24.9 Å². The minimum atomic E-state index is -0.571. The van der Waals surface area contributed by atoms with E-state index in [9.17, 15) is 5.11 Å². The lowest BCUT2D eigenvalue weighted by Gasteiger charge is -2.33. The van der Waals surface area contributed by atoms with Crippen LogP contribution in [0.15, 0.2) is 43.0 Å². The molecule has 3 heteroatoms. The fraction of sp³-hybridized carbons (Fsp3) is 0.385. The zero-order chi connectivity index (χ0) is 11.4. The number of hydrogen-bond donors (Lipinski definition) is 1. The van der Waals surface area contributed by atoms with Gasteiger partial charge in [-0.2, -0.15) is 0 Å². The monoisotopic (exact) mass is 220 g/mol. The van der Waals surface area contributed by atoms with Crippen LogP contribution in [0.4, 0.5) is 0 Å². The third-order valence-corrected chi connectivity index (χ3v) is 2.62. The number of aliphatic hydroxyl groups excluding tert-OH is 1. The molecule has 0 amide bonds. The molecule has 2 rings (SSSR count). The van der Waals surface area contributed by atoms with Gasteiger partial charge in [0.2, 0.25) is 0 Å². The summed E-state index contributed by atoms with van der Waals surface area (Å²) in [6, 6.07) is 9.73. The maximum absolute atomic E-state index is 9.67. The van der Waals surface area contributed by atoms with Crippen molar-refractivity contribution in [1.82, 2.24) is 0 Å². The maximum atomic E-state index is 9.67. The zero-order valence-corrected chi connectivity index (χ0v) is 9.08. The fourth-order valence-corrected chi connectivity index (χ4v) is 1.74. The normalized spacial score (nSPS) is 29.9. The maximum Gasteiger partial charge on any atom is 0.184 e. The van der Waals surface area contributed by atoms with E-state index in [2.05, 4.69) is 6.58 Å². The topological polar surface area (TPSA) is 38.7 Å². The number of benzene rings is 1. The summed E-state index contributed by atoms with van der Waals surface area (Å²) in [7, 11) is 0. The van der Waals surface area contributed by atoms with Crippen LogP contribution in [0.3, 0.4) is 0 Å².